The van der Waals surface area contributed by atoms with E-state index in [0.29, 0.717) is 11.6 Å². The van der Waals surface area contributed by atoms with Crippen LogP contribution in [0.5, 0.6) is 5.75 Å². The minimum Gasteiger partial charge on any atom is -0.496 e. The zero-order valence-corrected chi connectivity index (χ0v) is 12.4. The lowest BCUT2D eigenvalue weighted by molar-refractivity contribution is 0.411. The lowest BCUT2D eigenvalue weighted by atomic mass is 10.0. The fourth-order valence-electron chi connectivity index (χ4n) is 2.16. The largest absolute Gasteiger partial charge is 0.496 e. The minimum atomic E-state index is 0.0134. The molecule has 0 saturated carbocycles. The van der Waals surface area contributed by atoms with Crippen molar-refractivity contribution in [3.05, 3.63) is 58.6 Å². The smallest absolute Gasteiger partial charge is 0.121 e. The first-order chi connectivity index (χ1) is 9.65. The molecule has 3 N–H and O–H groups in total. The van der Waals surface area contributed by atoms with Crippen LogP contribution in [0.3, 0.4) is 0 Å². The Morgan fingerprint density at radius 1 is 1.25 bits per heavy atom. The number of anilines is 1. The van der Waals surface area contributed by atoms with Crippen molar-refractivity contribution < 1.29 is 4.74 Å². The zero-order valence-electron chi connectivity index (χ0n) is 11.7. The van der Waals surface area contributed by atoms with Gasteiger partial charge in [0, 0.05) is 6.54 Å². The van der Waals surface area contributed by atoms with E-state index in [0.717, 1.165) is 22.6 Å². The Morgan fingerprint density at radius 3 is 2.60 bits per heavy atom. The van der Waals surface area contributed by atoms with Gasteiger partial charge in [-0.05, 0) is 36.2 Å². The van der Waals surface area contributed by atoms with Crippen LogP contribution in [0.2, 0.25) is 5.02 Å². The molecule has 20 heavy (non-hydrogen) atoms. The molecule has 0 aliphatic rings. The molecule has 0 radical (unpaired) electrons. The Kier molecular flexibility index (Phi) is 4.88. The van der Waals surface area contributed by atoms with Crippen LogP contribution >= 0.6 is 11.6 Å². The predicted octanol–water partition coefficient (Wildman–Crippen LogP) is 3.77. The van der Waals surface area contributed by atoms with Gasteiger partial charge in [-0.15, -0.1) is 0 Å². The number of benzene rings is 2. The number of nitrogens with two attached hydrogens (primary N) is 1. The highest BCUT2D eigenvalue weighted by Gasteiger charge is 2.12. The van der Waals surface area contributed by atoms with E-state index in [1.165, 1.54) is 0 Å². The summed E-state index contributed by atoms with van der Waals surface area (Å²) < 4.78 is 5.28. The van der Waals surface area contributed by atoms with Crippen LogP contribution in [0.25, 0.3) is 0 Å². The van der Waals surface area contributed by atoms with Gasteiger partial charge in [-0.1, -0.05) is 35.9 Å². The number of rotatable bonds is 5. The van der Waals surface area contributed by atoms with E-state index in [4.69, 9.17) is 22.1 Å². The van der Waals surface area contributed by atoms with Crippen molar-refractivity contribution in [2.24, 2.45) is 5.73 Å². The molecular weight excluding hydrogens is 272 g/mol. The van der Waals surface area contributed by atoms with Crippen LogP contribution in [0.4, 0.5) is 5.69 Å². The molecule has 4 heteroatoms. The molecule has 0 saturated heterocycles. The van der Waals surface area contributed by atoms with E-state index in [2.05, 4.69) is 11.4 Å². The zero-order chi connectivity index (χ0) is 14.5. The van der Waals surface area contributed by atoms with Gasteiger partial charge in [0.15, 0.2) is 0 Å². The Bertz CT molecular complexity index is 586. The van der Waals surface area contributed by atoms with Crippen LogP contribution < -0.4 is 15.8 Å². The van der Waals surface area contributed by atoms with Crippen molar-refractivity contribution in [2.75, 3.05) is 19.0 Å². The van der Waals surface area contributed by atoms with Gasteiger partial charge in [-0.3, -0.25) is 0 Å². The van der Waals surface area contributed by atoms with Gasteiger partial charge < -0.3 is 15.8 Å². The molecule has 2 aromatic carbocycles. The van der Waals surface area contributed by atoms with Crippen LogP contribution in [0.15, 0.2) is 42.5 Å². The molecule has 0 aromatic heterocycles. The summed E-state index contributed by atoms with van der Waals surface area (Å²) in [6.07, 6.45) is 0. The molecule has 106 valence electrons. The van der Waals surface area contributed by atoms with Crippen LogP contribution in [0, 0.1) is 6.92 Å². The molecule has 2 rings (SSSR count). The Hall–Kier alpha value is -1.71. The highest BCUT2D eigenvalue weighted by atomic mass is 35.5. The lowest BCUT2D eigenvalue weighted by Crippen LogP contribution is -2.20. The normalized spacial score (nSPS) is 12.0. The first-order valence-electron chi connectivity index (χ1n) is 6.51. The number of ether oxygens (including phenoxy) is 1. The van der Waals surface area contributed by atoms with Gasteiger partial charge in [0.2, 0.25) is 0 Å². The molecule has 0 fully saturated rings. The molecule has 2 aromatic rings. The van der Waals surface area contributed by atoms with Gasteiger partial charge in [-0.25, -0.2) is 0 Å². The summed E-state index contributed by atoms with van der Waals surface area (Å²) in [6, 6.07) is 13.7. The third-order valence-corrected chi connectivity index (χ3v) is 3.59. The molecule has 0 aliphatic carbocycles. The fraction of sp³-hybridized carbons (Fsp3) is 0.250. The van der Waals surface area contributed by atoms with E-state index in [1.807, 2.05) is 43.3 Å². The van der Waals surface area contributed by atoms with Crippen molar-refractivity contribution in [3.8, 4) is 5.75 Å². The second-order valence-electron chi connectivity index (χ2n) is 4.64. The second-order valence-corrected chi connectivity index (χ2v) is 5.05. The SMILES string of the molecule is COc1ccc(C(CN)Nc2ccccc2Cl)cc1C. The average molecular weight is 291 g/mol. The molecular formula is C16H19ClN2O. The van der Waals surface area contributed by atoms with E-state index in [-0.39, 0.29) is 6.04 Å². The number of methoxy groups -OCH3 is 1. The van der Waals surface area contributed by atoms with Gasteiger partial charge in [0.25, 0.3) is 0 Å². The molecule has 0 spiro atoms. The lowest BCUT2D eigenvalue weighted by Gasteiger charge is -2.20. The van der Waals surface area contributed by atoms with Gasteiger partial charge in [0.05, 0.1) is 23.9 Å². The number of aryl methyl sites for hydroxylation is 1. The number of hydrogen-bond acceptors (Lipinski definition) is 3. The molecule has 0 aliphatic heterocycles. The van der Waals surface area contributed by atoms with Crippen molar-refractivity contribution in [3.63, 3.8) is 0 Å². The van der Waals surface area contributed by atoms with Crippen molar-refractivity contribution in [1.82, 2.24) is 0 Å². The van der Waals surface area contributed by atoms with Crippen molar-refractivity contribution >= 4 is 17.3 Å². The van der Waals surface area contributed by atoms with E-state index >= 15 is 0 Å². The maximum absolute atomic E-state index is 6.17. The fourth-order valence-corrected chi connectivity index (χ4v) is 2.35. The van der Waals surface area contributed by atoms with Crippen LogP contribution in [-0.2, 0) is 0 Å². The second kappa shape index (κ2) is 6.64. The van der Waals surface area contributed by atoms with Gasteiger partial charge in [-0.2, -0.15) is 0 Å². The van der Waals surface area contributed by atoms with Gasteiger partial charge >= 0.3 is 0 Å². The summed E-state index contributed by atoms with van der Waals surface area (Å²) in [5, 5.41) is 4.07. The Morgan fingerprint density at radius 2 is 2.00 bits per heavy atom. The summed E-state index contributed by atoms with van der Waals surface area (Å²) in [4.78, 5) is 0. The Labute approximate surface area is 124 Å². The summed E-state index contributed by atoms with van der Waals surface area (Å²) >= 11 is 6.17. The number of hydrogen-bond donors (Lipinski definition) is 2. The molecule has 0 heterocycles. The average Bonchev–Trinajstić information content (AvgIpc) is 2.46. The van der Waals surface area contributed by atoms with E-state index in [1.54, 1.807) is 7.11 Å². The number of halogens is 1. The molecule has 1 atom stereocenters. The summed E-state index contributed by atoms with van der Waals surface area (Å²) in [5.74, 6) is 0.877. The van der Waals surface area contributed by atoms with Crippen molar-refractivity contribution in [1.29, 1.82) is 0 Å². The maximum atomic E-state index is 6.17. The predicted molar refractivity (Wildman–Crippen MR) is 84.6 cm³/mol. The van der Waals surface area contributed by atoms with Crippen molar-refractivity contribution in [2.45, 2.75) is 13.0 Å². The molecule has 0 bridgehead atoms. The summed E-state index contributed by atoms with van der Waals surface area (Å²) in [6.45, 7) is 2.50. The first kappa shape index (κ1) is 14.7. The number of nitrogens with one attached hydrogen (secondary N) is 1. The van der Waals surface area contributed by atoms with Crippen LogP contribution in [0.1, 0.15) is 17.2 Å². The summed E-state index contributed by atoms with van der Waals surface area (Å²) in [5.41, 5.74) is 8.98. The molecule has 3 nitrogen and oxygen atoms in total. The Balaban J connectivity index is 2.24. The number of para-hydroxylation sites is 1. The van der Waals surface area contributed by atoms with E-state index < -0.39 is 0 Å². The first-order valence-corrected chi connectivity index (χ1v) is 6.89. The van der Waals surface area contributed by atoms with Gasteiger partial charge in [0.1, 0.15) is 5.75 Å². The quantitative estimate of drug-likeness (QED) is 0.881. The minimum absolute atomic E-state index is 0.0134. The highest BCUT2D eigenvalue weighted by Crippen LogP contribution is 2.27. The maximum Gasteiger partial charge on any atom is 0.121 e. The highest BCUT2D eigenvalue weighted by molar-refractivity contribution is 6.33. The van der Waals surface area contributed by atoms with Crippen LogP contribution in [-0.4, -0.2) is 13.7 Å². The monoisotopic (exact) mass is 290 g/mol. The van der Waals surface area contributed by atoms with E-state index in [9.17, 15) is 0 Å². The molecule has 0 amide bonds. The molecule has 1 unspecified atom stereocenters. The third kappa shape index (κ3) is 3.24. The topological polar surface area (TPSA) is 47.3 Å². The third-order valence-electron chi connectivity index (χ3n) is 3.26. The standard InChI is InChI=1S/C16H19ClN2O/c1-11-9-12(7-8-16(11)20-2)15(10-18)19-14-6-4-3-5-13(14)17/h3-9,15,19H,10,18H2,1-2H3. The summed E-state index contributed by atoms with van der Waals surface area (Å²) in [7, 11) is 1.67.